The van der Waals surface area contributed by atoms with E-state index in [9.17, 15) is 10.1 Å². The zero-order valence-corrected chi connectivity index (χ0v) is 9.91. The lowest BCUT2D eigenvalue weighted by Gasteiger charge is -2.07. The molecule has 0 bridgehead atoms. The van der Waals surface area contributed by atoms with Crippen LogP contribution in [-0.2, 0) is 6.54 Å². The van der Waals surface area contributed by atoms with Gasteiger partial charge in [-0.2, -0.15) is 0 Å². The highest BCUT2D eigenvalue weighted by molar-refractivity contribution is 5.53. The summed E-state index contributed by atoms with van der Waals surface area (Å²) in [5, 5.41) is 21.4. The highest BCUT2D eigenvalue weighted by atomic mass is 16.6. The van der Waals surface area contributed by atoms with Crippen LogP contribution in [0, 0.1) is 17.0 Å². The third-order valence-electron chi connectivity index (χ3n) is 2.41. The van der Waals surface area contributed by atoms with Gasteiger partial charge in [0.2, 0.25) is 0 Å². The Morgan fingerprint density at radius 3 is 2.94 bits per heavy atom. The van der Waals surface area contributed by atoms with Crippen molar-refractivity contribution in [3.8, 4) is 0 Å². The second-order valence-electron chi connectivity index (χ2n) is 3.91. The van der Waals surface area contributed by atoms with Crippen molar-refractivity contribution in [2.75, 3.05) is 11.9 Å². The maximum atomic E-state index is 10.7. The van der Waals surface area contributed by atoms with Gasteiger partial charge in [-0.05, 0) is 18.6 Å². The summed E-state index contributed by atoms with van der Waals surface area (Å²) in [6.45, 7) is 3.11. The van der Waals surface area contributed by atoms with E-state index in [0.29, 0.717) is 13.1 Å². The molecule has 18 heavy (non-hydrogen) atoms. The van der Waals surface area contributed by atoms with Crippen LogP contribution in [0.3, 0.4) is 0 Å². The molecule has 0 radical (unpaired) electrons. The van der Waals surface area contributed by atoms with Crippen molar-refractivity contribution in [1.29, 1.82) is 0 Å². The maximum Gasteiger partial charge on any atom is 0.271 e. The zero-order valence-electron chi connectivity index (χ0n) is 9.91. The molecule has 1 aromatic carbocycles. The van der Waals surface area contributed by atoms with Crippen LogP contribution in [0.5, 0.6) is 0 Å². The van der Waals surface area contributed by atoms with Crippen LogP contribution in [0.4, 0.5) is 11.4 Å². The van der Waals surface area contributed by atoms with Crippen molar-refractivity contribution in [3.63, 3.8) is 0 Å². The standard InChI is InChI=1S/C11H13N5O2/c1-9-6-10(8-11(7-9)16(17)18)12-2-4-15-5-3-13-14-15/h3,5-8,12H,2,4H2,1H3. The van der Waals surface area contributed by atoms with Crippen LogP contribution >= 0.6 is 0 Å². The van der Waals surface area contributed by atoms with Gasteiger partial charge < -0.3 is 5.32 Å². The average Bonchev–Trinajstić information content (AvgIpc) is 2.81. The van der Waals surface area contributed by atoms with E-state index in [0.717, 1.165) is 11.3 Å². The quantitative estimate of drug-likeness (QED) is 0.640. The minimum atomic E-state index is -0.393. The molecule has 0 unspecified atom stereocenters. The van der Waals surface area contributed by atoms with E-state index in [2.05, 4.69) is 15.6 Å². The summed E-state index contributed by atoms with van der Waals surface area (Å²) < 4.78 is 1.69. The van der Waals surface area contributed by atoms with Crippen molar-refractivity contribution in [2.45, 2.75) is 13.5 Å². The summed E-state index contributed by atoms with van der Waals surface area (Å²) in [6.07, 6.45) is 3.37. The Morgan fingerprint density at radius 1 is 1.44 bits per heavy atom. The van der Waals surface area contributed by atoms with Gasteiger partial charge in [0.05, 0.1) is 17.7 Å². The second kappa shape index (κ2) is 5.26. The monoisotopic (exact) mass is 247 g/mol. The number of nitrogens with one attached hydrogen (secondary N) is 1. The van der Waals surface area contributed by atoms with E-state index in [4.69, 9.17) is 0 Å². The van der Waals surface area contributed by atoms with Gasteiger partial charge in [-0.1, -0.05) is 5.21 Å². The predicted octanol–water partition coefficient (Wildman–Crippen LogP) is 1.61. The molecular formula is C11H13N5O2. The molecule has 1 N–H and O–H groups in total. The van der Waals surface area contributed by atoms with Gasteiger partial charge in [0.25, 0.3) is 5.69 Å². The van der Waals surface area contributed by atoms with Gasteiger partial charge in [-0.25, -0.2) is 0 Å². The van der Waals surface area contributed by atoms with Crippen LogP contribution in [0.25, 0.3) is 0 Å². The Morgan fingerprint density at radius 2 is 2.28 bits per heavy atom. The first kappa shape index (κ1) is 12.0. The van der Waals surface area contributed by atoms with E-state index < -0.39 is 4.92 Å². The molecule has 1 heterocycles. The number of aromatic nitrogens is 3. The van der Waals surface area contributed by atoms with E-state index in [1.165, 1.54) is 6.07 Å². The fourth-order valence-corrected chi connectivity index (χ4v) is 1.64. The fourth-order valence-electron chi connectivity index (χ4n) is 1.64. The average molecular weight is 247 g/mol. The van der Waals surface area contributed by atoms with Gasteiger partial charge in [0.1, 0.15) is 0 Å². The molecule has 7 nitrogen and oxygen atoms in total. The van der Waals surface area contributed by atoms with Gasteiger partial charge in [0.15, 0.2) is 0 Å². The molecule has 0 aliphatic heterocycles. The number of benzene rings is 1. The number of nitro benzene ring substituents is 1. The summed E-state index contributed by atoms with van der Waals surface area (Å²) in [5.74, 6) is 0. The van der Waals surface area contributed by atoms with Gasteiger partial charge in [-0.3, -0.25) is 14.8 Å². The van der Waals surface area contributed by atoms with Gasteiger partial charge >= 0.3 is 0 Å². The molecule has 0 fully saturated rings. The molecule has 0 saturated carbocycles. The van der Waals surface area contributed by atoms with Crippen LogP contribution in [0.2, 0.25) is 0 Å². The summed E-state index contributed by atoms with van der Waals surface area (Å²) in [4.78, 5) is 10.3. The number of rotatable bonds is 5. The fraction of sp³-hybridized carbons (Fsp3) is 0.273. The zero-order chi connectivity index (χ0) is 13.0. The van der Waals surface area contributed by atoms with Crippen LogP contribution in [0.1, 0.15) is 5.56 Å². The lowest BCUT2D eigenvalue weighted by atomic mass is 10.2. The van der Waals surface area contributed by atoms with Crippen molar-refractivity contribution in [1.82, 2.24) is 15.0 Å². The number of aryl methyl sites for hydroxylation is 1. The number of anilines is 1. The van der Waals surface area contributed by atoms with Crippen LogP contribution in [0.15, 0.2) is 30.6 Å². The molecule has 0 spiro atoms. The third-order valence-corrected chi connectivity index (χ3v) is 2.41. The summed E-state index contributed by atoms with van der Waals surface area (Å²) in [6, 6.07) is 4.94. The Labute approximate surface area is 104 Å². The normalized spacial score (nSPS) is 10.3. The van der Waals surface area contributed by atoms with Crippen LogP contribution in [-0.4, -0.2) is 26.5 Å². The topological polar surface area (TPSA) is 85.9 Å². The summed E-state index contributed by atoms with van der Waals surface area (Å²) >= 11 is 0. The summed E-state index contributed by atoms with van der Waals surface area (Å²) in [5.41, 5.74) is 1.69. The van der Waals surface area contributed by atoms with E-state index >= 15 is 0 Å². The Bertz CT molecular complexity index is 538. The number of nitrogens with zero attached hydrogens (tertiary/aromatic N) is 4. The lowest BCUT2D eigenvalue weighted by Crippen LogP contribution is -2.11. The van der Waals surface area contributed by atoms with Crippen LogP contribution < -0.4 is 5.32 Å². The summed E-state index contributed by atoms with van der Waals surface area (Å²) in [7, 11) is 0. The number of hydrogen-bond acceptors (Lipinski definition) is 5. The second-order valence-corrected chi connectivity index (χ2v) is 3.91. The first-order valence-electron chi connectivity index (χ1n) is 5.49. The number of hydrogen-bond donors (Lipinski definition) is 1. The van der Waals surface area contributed by atoms with Crippen molar-refractivity contribution in [3.05, 3.63) is 46.3 Å². The maximum absolute atomic E-state index is 10.7. The molecule has 2 rings (SSSR count). The molecule has 0 amide bonds. The molecule has 7 heteroatoms. The first-order chi connectivity index (χ1) is 8.65. The van der Waals surface area contributed by atoms with Crippen molar-refractivity contribution in [2.24, 2.45) is 0 Å². The molecule has 0 atom stereocenters. The molecule has 0 saturated heterocycles. The first-order valence-corrected chi connectivity index (χ1v) is 5.49. The Hall–Kier alpha value is -2.44. The van der Waals surface area contributed by atoms with E-state index in [1.807, 2.05) is 13.0 Å². The lowest BCUT2D eigenvalue weighted by molar-refractivity contribution is -0.384. The predicted molar refractivity (Wildman–Crippen MR) is 66.3 cm³/mol. The van der Waals surface area contributed by atoms with Gasteiger partial charge in [0, 0.05) is 30.6 Å². The molecular weight excluding hydrogens is 234 g/mol. The van der Waals surface area contributed by atoms with E-state index in [1.54, 1.807) is 23.1 Å². The van der Waals surface area contributed by atoms with Crippen molar-refractivity contribution >= 4 is 11.4 Å². The third kappa shape index (κ3) is 3.03. The molecule has 0 aliphatic carbocycles. The minimum Gasteiger partial charge on any atom is -0.383 e. The largest absolute Gasteiger partial charge is 0.383 e. The highest BCUT2D eigenvalue weighted by Crippen LogP contribution is 2.20. The SMILES string of the molecule is Cc1cc(NCCn2ccnn2)cc([N+](=O)[O-])c1. The van der Waals surface area contributed by atoms with Gasteiger partial charge in [-0.15, -0.1) is 5.10 Å². The number of nitro groups is 1. The molecule has 1 aromatic heterocycles. The van der Waals surface area contributed by atoms with Crippen molar-refractivity contribution < 1.29 is 4.92 Å². The molecule has 94 valence electrons. The highest BCUT2D eigenvalue weighted by Gasteiger charge is 2.07. The molecule has 0 aliphatic rings. The van der Waals surface area contributed by atoms with E-state index in [-0.39, 0.29) is 5.69 Å². The minimum absolute atomic E-state index is 0.0956. The Kier molecular flexibility index (Phi) is 3.52. The smallest absolute Gasteiger partial charge is 0.271 e. The number of non-ortho nitro benzene ring substituents is 1. The molecule has 2 aromatic rings. The Balaban J connectivity index is 1.98.